The summed E-state index contributed by atoms with van der Waals surface area (Å²) < 4.78 is 6.81. The van der Waals surface area contributed by atoms with Crippen molar-refractivity contribution >= 4 is 21.9 Å². The van der Waals surface area contributed by atoms with Crippen molar-refractivity contribution in [2.24, 2.45) is 0 Å². The molecule has 230 valence electrons. The van der Waals surface area contributed by atoms with E-state index in [-0.39, 0.29) is 0 Å². The third-order valence-corrected chi connectivity index (χ3v) is 8.77. The third kappa shape index (κ3) is 5.33. The summed E-state index contributed by atoms with van der Waals surface area (Å²) in [5, 5.41) is 2.14. The molecule has 0 bridgehead atoms. The Morgan fingerprint density at radius 1 is 0.347 bits per heavy atom. The first-order valence-corrected chi connectivity index (χ1v) is 16.2. The van der Waals surface area contributed by atoms with Crippen LogP contribution in [0.5, 0.6) is 0 Å². The van der Waals surface area contributed by atoms with Gasteiger partial charge >= 0.3 is 0 Å². The Bertz CT molecular complexity index is 2530. The van der Waals surface area contributed by atoms with Crippen LogP contribution in [0.3, 0.4) is 0 Å². The highest BCUT2D eigenvalue weighted by Crippen LogP contribution is 2.41. The smallest absolute Gasteiger partial charge is 0.164 e. The van der Waals surface area contributed by atoms with Crippen LogP contribution in [0, 0.1) is 0 Å². The number of fused-ring (bicyclic) bond motifs is 3. The molecule has 0 saturated heterocycles. The van der Waals surface area contributed by atoms with Gasteiger partial charge in [0.2, 0.25) is 0 Å². The summed E-state index contributed by atoms with van der Waals surface area (Å²) in [5.41, 5.74) is 10.3. The second-order valence-electron chi connectivity index (χ2n) is 11.9. The Morgan fingerprint density at radius 2 is 0.816 bits per heavy atom. The third-order valence-electron chi connectivity index (χ3n) is 8.77. The molecule has 9 rings (SSSR count). The van der Waals surface area contributed by atoms with Crippen LogP contribution in [0.4, 0.5) is 0 Å². The van der Waals surface area contributed by atoms with E-state index in [4.69, 9.17) is 24.4 Å². The molecule has 3 heterocycles. The highest BCUT2D eigenvalue weighted by atomic mass is 16.3. The molecular formula is C44H28N4O. The summed E-state index contributed by atoms with van der Waals surface area (Å²) in [5.74, 6) is 1.80. The molecule has 3 aromatic heterocycles. The van der Waals surface area contributed by atoms with Crippen LogP contribution >= 0.6 is 0 Å². The van der Waals surface area contributed by atoms with Crippen molar-refractivity contribution in [2.45, 2.75) is 0 Å². The molecular weight excluding hydrogens is 601 g/mol. The quantitative estimate of drug-likeness (QED) is 0.183. The Morgan fingerprint density at radius 3 is 1.37 bits per heavy atom. The number of hydrogen-bond acceptors (Lipinski definition) is 5. The standard InChI is InChI=1S/C44H28N4O/c1-4-14-29(15-5-1)35-20-12-22-37-38-23-13-21-36(41(38)49-40(35)37)32-26-33(39-24-10-11-25-45-39)28-34(27-32)44-47-42(30-16-6-2-7-17-30)46-43(48-44)31-18-8-3-9-19-31/h1-28H. The average molecular weight is 629 g/mol. The zero-order chi connectivity index (χ0) is 32.6. The number of nitrogens with zero attached hydrogens (tertiary/aromatic N) is 4. The molecule has 0 amide bonds. The van der Waals surface area contributed by atoms with Crippen LogP contribution in [-0.4, -0.2) is 19.9 Å². The van der Waals surface area contributed by atoms with Crippen LogP contribution in [-0.2, 0) is 0 Å². The number of pyridine rings is 1. The summed E-state index contributed by atoms with van der Waals surface area (Å²) in [7, 11) is 0. The fraction of sp³-hybridized carbons (Fsp3) is 0. The molecule has 5 heteroatoms. The van der Waals surface area contributed by atoms with Gasteiger partial charge in [0.15, 0.2) is 17.5 Å². The van der Waals surface area contributed by atoms with E-state index in [1.807, 2.05) is 91.1 Å². The average Bonchev–Trinajstić information content (AvgIpc) is 3.58. The zero-order valence-electron chi connectivity index (χ0n) is 26.4. The fourth-order valence-corrected chi connectivity index (χ4v) is 6.42. The van der Waals surface area contributed by atoms with Gasteiger partial charge < -0.3 is 4.42 Å². The number of benzene rings is 6. The summed E-state index contributed by atoms with van der Waals surface area (Å²) in [4.78, 5) is 19.7. The van der Waals surface area contributed by atoms with Crippen molar-refractivity contribution in [3.63, 3.8) is 0 Å². The van der Waals surface area contributed by atoms with Crippen molar-refractivity contribution in [3.05, 3.63) is 170 Å². The molecule has 9 aromatic rings. The van der Waals surface area contributed by atoms with Gasteiger partial charge in [-0.2, -0.15) is 0 Å². The molecule has 0 spiro atoms. The van der Waals surface area contributed by atoms with Gasteiger partial charge in [-0.05, 0) is 41.5 Å². The van der Waals surface area contributed by atoms with Gasteiger partial charge in [0.25, 0.3) is 0 Å². The molecule has 0 N–H and O–H groups in total. The van der Waals surface area contributed by atoms with Crippen molar-refractivity contribution in [1.82, 2.24) is 19.9 Å². The normalized spacial score (nSPS) is 11.3. The number of para-hydroxylation sites is 2. The van der Waals surface area contributed by atoms with Crippen LogP contribution in [0.1, 0.15) is 0 Å². The summed E-state index contributed by atoms with van der Waals surface area (Å²) in [6.45, 7) is 0. The summed E-state index contributed by atoms with van der Waals surface area (Å²) >= 11 is 0. The summed E-state index contributed by atoms with van der Waals surface area (Å²) in [6, 6.07) is 55.5. The predicted octanol–water partition coefficient (Wildman–Crippen LogP) is 11.2. The van der Waals surface area contributed by atoms with Crippen molar-refractivity contribution in [2.75, 3.05) is 0 Å². The molecule has 0 radical (unpaired) electrons. The van der Waals surface area contributed by atoms with Gasteiger partial charge in [-0.15, -0.1) is 0 Å². The molecule has 0 unspecified atom stereocenters. The minimum Gasteiger partial charge on any atom is -0.455 e. The highest BCUT2D eigenvalue weighted by Gasteiger charge is 2.19. The predicted molar refractivity (Wildman–Crippen MR) is 198 cm³/mol. The number of aromatic nitrogens is 4. The first kappa shape index (κ1) is 28.5. The molecule has 0 aliphatic rings. The number of hydrogen-bond donors (Lipinski definition) is 0. The van der Waals surface area contributed by atoms with Crippen LogP contribution in [0.2, 0.25) is 0 Å². The van der Waals surface area contributed by atoms with Gasteiger partial charge in [-0.25, -0.2) is 15.0 Å². The van der Waals surface area contributed by atoms with E-state index in [9.17, 15) is 0 Å². The van der Waals surface area contributed by atoms with Gasteiger partial charge in [0.05, 0.1) is 5.69 Å². The molecule has 0 saturated carbocycles. The van der Waals surface area contributed by atoms with Crippen molar-refractivity contribution < 1.29 is 4.42 Å². The van der Waals surface area contributed by atoms with E-state index in [0.29, 0.717) is 17.5 Å². The number of furan rings is 1. The van der Waals surface area contributed by atoms with E-state index in [0.717, 1.165) is 72.1 Å². The van der Waals surface area contributed by atoms with Gasteiger partial charge in [0, 0.05) is 50.4 Å². The molecule has 0 aliphatic heterocycles. The molecule has 49 heavy (non-hydrogen) atoms. The van der Waals surface area contributed by atoms with E-state index >= 15 is 0 Å². The van der Waals surface area contributed by atoms with Crippen LogP contribution in [0.15, 0.2) is 174 Å². The minimum atomic E-state index is 0.579. The lowest BCUT2D eigenvalue weighted by Gasteiger charge is -2.12. The van der Waals surface area contributed by atoms with E-state index < -0.39 is 0 Å². The Kier molecular flexibility index (Phi) is 7.06. The van der Waals surface area contributed by atoms with Gasteiger partial charge in [-0.3, -0.25) is 4.98 Å². The monoisotopic (exact) mass is 628 g/mol. The maximum atomic E-state index is 6.81. The van der Waals surface area contributed by atoms with Crippen LogP contribution < -0.4 is 0 Å². The van der Waals surface area contributed by atoms with Gasteiger partial charge in [0.1, 0.15) is 11.2 Å². The molecule has 0 fully saturated rings. The van der Waals surface area contributed by atoms with E-state index in [1.165, 1.54) is 0 Å². The SMILES string of the molecule is c1ccc(-c2nc(-c3ccccc3)nc(-c3cc(-c4ccccn4)cc(-c4cccc5c4oc4c(-c6ccccc6)cccc45)c3)n2)cc1. The van der Waals surface area contributed by atoms with E-state index in [2.05, 4.69) is 78.9 Å². The minimum absolute atomic E-state index is 0.579. The first-order chi connectivity index (χ1) is 24.3. The Hall–Kier alpha value is -6.72. The number of rotatable bonds is 6. The largest absolute Gasteiger partial charge is 0.455 e. The lowest BCUT2D eigenvalue weighted by molar-refractivity contribution is 0.671. The molecule has 0 atom stereocenters. The second-order valence-corrected chi connectivity index (χ2v) is 11.9. The lowest BCUT2D eigenvalue weighted by Crippen LogP contribution is -2.00. The van der Waals surface area contributed by atoms with Crippen molar-refractivity contribution in [3.8, 4) is 67.7 Å². The topological polar surface area (TPSA) is 64.7 Å². The van der Waals surface area contributed by atoms with Gasteiger partial charge in [-0.1, -0.05) is 133 Å². The first-order valence-electron chi connectivity index (χ1n) is 16.2. The maximum absolute atomic E-state index is 6.81. The molecule has 6 aromatic carbocycles. The molecule has 5 nitrogen and oxygen atoms in total. The molecule has 0 aliphatic carbocycles. The van der Waals surface area contributed by atoms with Crippen LogP contribution in [0.25, 0.3) is 89.6 Å². The summed E-state index contributed by atoms with van der Waals surface area (Å²) in [6.07, 6.45) is 1.82. The Labute approximate surface area is 283 Å². The Balaban J connectivity index is 1.28. The lowest BCUT2D eigenvalue weighted by atomic mass is 9.96. The highest BCUT2D eigenvalue weighted by molar-refractivity contribution is 6.13. The van der Waals surface area contributed by atoms with Crippen molar-refractivity contribution in [1.29, 1.82) is 0 Å². The zero-order valence-corrected chi connectivity index (χ0v) is 26.4. The maximum Gasteiger partial charge on any atom is 0.164 e. The fourth-order valence-electron chi connectivity index (χ4n) is 6.42. The second kappa shape index (κ2) is 12.1. The van der Waals surface area contributed by atoms with E-state index in [1.54, 1.807) is 0 Å².